The molecule has 1 aromatic heterocycles. The SMILES string of the molecule is Cc1cccc(-c2cnn(C3CCCCO3)c2N)c1. The molecule has 4 heteroatoms. The van der Waals surface area contributed by atoms with E-state index in [4.69, 9.17) is 10.5 Å². The summed E-state index contributed by atoms with van der Waals surface area (Å²) in [5, 5.41) is 4.41. The molecule has 1 aliphatic rings. The van der Waals surface area contributed by atoms with Crippen molar-refractivity contribution in [2.75, 3.05) is 12.3 Å². The van der Waals surface area contributed by atoms with E-state index in [-0.39, 0.29) is 6.23 Å². The lowest BCUT2D eigenvalue weighted by molar-refractivity contribution is -0.0379. The first kappa shape index (κ1) is 12.2. The van der Waals surface area contributed by atoms with Crippen molar-refractivity contribution in [3.8, 4) is 11.1 Å². The molecule has 1 fully saturated rings. The summed E-state index contributed by atoms with van der Waals surface area (Å²) >= 11 is 0. The van der Waals surface area contributed by atoms with E-state index in [0.29, 0.717) is 5.82 Å². The predicted octanol–water partition coefficient (Wildman–Crippen LogP) is 3.14. The Bertz CT molecular complexity index is 571. The number of anilines is 1. The molecule has 0 amide bonds. The van der Waals surface area contributed by atoms with Crippen LogP contribution in [0.1, 0.15) is 31.1 Å². The maximum absolute atomic E-state index is 6.24. The van der Waals surface area contributed by atoms with Crippen LogP contribution < -0.4 is 5.73 Å². The lowest BCUT2D eigenvalue weighted by Gasteiger charge is -2.23. The van der Waals surface area contributed by atoms with Crippen LogP contribution in [-0.2, 0) is 4.74 Å². The number of aryl methyl sites for hydroxylation is 1. The molecule has 100 valence electrons. The van der Waals surface area contributed by atoms with E-state index in [1.165, 1.54) is 12.0 Å². The predicted molar refractivity (Wildman–Crippen MR) is 75.7 cm³/mol. The van der Waals surface area contributed by atoms with Crippen LogP contribution in [0.2, 0.25) is 0 Å². The van der Waals surface area contributed by atoms with Crippen LogP contribution in [0.3, 0.4) is 0 Å². The Morgan fingerprint density at radius 1 is 1.37 bits per heavy atom. The average Bonchev–Trinajstić information content (AvgIpc) is 2.81. The van der Waals surface area contributed by atoms with Crippen LogP contribution in [0.25, 0.3) is 11.1 Å². The molecule has 4 nitrogen and oxygen atoms in total. The van der Waals surface area contributed by atoms with Crippen molar-refractivity contribution in [1.82, 2.24) is 9.78 Å². The highest BCUT2D eigenvalue weighted by Gasteiger charge is 2.20. The second-order valence-corrected chi connectivity index (χ2v) is 5.08. The fourth-order valence-corrected chi connectivity index (χ4v) is 2.55. The normalized spacial score (nSPS) is 19.5. The van der Waals surface area contributed by atoms with Crippen molar-refractivity contribution in [1.29, 1.82) is 0 Å². The van der Waals surface area contributed by atoms with Crippen molar-refractivity contribution in [2.45, 2.75) is 32.4 Å². The first-order chi connectivity index (χ1) is 9.25. The summed E-state index contributed by atoms with van der Waals surface area (Å²) in [5.74, 6) is 0.692. The Kier molecular flexibility index (Phi) is 3.25. The first-order valence-corrected chi connectivity index (χ1v) is 6.77. The quantitative estimate of drug-likeness (QED) is 0.899. The maximum Gasteiger partial charge on any atom is 0.152 e. The number of hydrogen-bond acceptors (Lipinski definition) is 3. The van der Waals surface area contributed by atoms with E-state index in [9.17, 15) is 0 Å². The molecule has 1 atom stereocenters. The lowest BCUT2D eigenvalue weighted by Crippen LogP contribution is -2.20. The van der Waals surface area contributed by atoms with Gasteiger partial charge in [0.05, 0.1) is 6.20 Å². The van der Waals surface area contributed by atoms with E-state index in [0.717, 1.165) is 30.6 Å². The number of aromatic nitrogens is 2. The van der Waals surface area contributed by atoms with Crippen molar-refractivity contribution in [3.05, 3.63) is 36.0 Å². The fourth-order valence-electron chi connectivity index (χ4n) is 2.55. The standard InChI is InChI=1S/C15H19N3O/c1-11-5-4-6-12(9-11)13-10-17-18(15(13)16)14-7-2-3-8-19-14/h4-6,9-10,14H,2-3,7-8,16H2,1H3. The summed E-state index contributed by atoms with van der Waals surface area (Å²) in [6.07, 6.45) is 5.11. The van der Waals surface area contributed by atoms with Crippen LogP contribution >= 0.6 is 0 Å². The molecule has 1 unspecified atom stereocenters. The largest absolute Gasteiger partial charge is 0.383 e. The number of hydrogen-bond donors (Lipinski definition) is 1. The summed E-state index contributed by atoms with van der Waals surface area (Å²) in [5.41, 5.74) is 9.55. The number of benzene rings is 1. The van der Waals surface area contributed by atoms with Gasteiger partial charge in [0.2, 0.25) is 0 Å². The van der Waals surface area contributed by atoms with Gasteiger partial charge in [-0.3, -0.25) is 0 Å². The molecule has 0 saturated carbocycles. The van der Waals surface area contributed by atoms with Gasteiger partial charge >= 0.3 is 0 Å². The summed E-state index contributed by atoms with van der Waals surface area (Å²) in [6.45, 7) is 2.87. The van der Waals surface area contributed by atoms with Gasteiger partial charge in [-0.2, -0.15) is 5.10 Å². The molecule has 1 saturated heterocycles. The molecule has 0 aliphatic carbocycles. The zero-order valence-electron chi connectivity index (χ0n) is 11.2. The average molecular weight is 257 g/mol. The first-order valence-electron chi connectivity index (χ1n) is 6.77. The third kappa shape index (κ3) is 2.36. The molecule has 2 N–H and O–H groups in total. The van der Waals surface area contributed by atoms with E-state index >= 15 is 0 Å². The Labute approximate surface area is 113 Å². The summed E-state index contributed by atoms with van der Waals surface area (Å²) in [6, 6.07) is 8.30. The summed E-state index contributed by atoms with van der Waals surface area (Å²) < 4.78 is 7.55. The van der Waals surface area contributed by atoms with E-state index in [1.807, 2.05) is 16.9 Å². The molecule has 3 rings (SSSR count). The van der Waals surface area contributed by atoms with Gasteiger partial charge in [0.25, 0.3) is 0 Å². The van der Waals surface area contributed by atoms with Crippen molar-refractivity contribution < 1.29 is 4.74 Å². The van der Waals surface area contributed by atoms with Gasteiger partial charge in [0.1, 0.15) is 5.82 Å². The van der Waals surface area contributed by atoms with Crippen LogP contribution in [0, 0.1) is 6.92 Å². The summed E-state index contributed by atoms with van der Waals surface area (Å²) in [7, 11) is 0. The molecule has 0 bridgehead atoms. The van der Waals surface area contributed by atoms with Crippen LogP contribution in [0.4, 0.5) is 5.82 Å². The van der Waals surface area contributed by atoms with Crippen LogP contribution in [-0.4, -0.2) is 16.4 Å². The van der Waals surface area contributed by atoms with Gasteiger partial charge in [-0.1, -0.05) is 29.8 Å². The smallest absolute Gasteiger partial charge is 0.152 e. The third-order valence-electron chi connectivity index (χ3n) is 3.59. The van der Waals surface area contributed by atoms with Crippen molar-refractivity contribution in [2.24, 2.45) is 0 Å². The molecule has 19 heavy (non-hydrogen) atoms. The molecular weight excluding hydrogens is 238 g/mol. The third-order valence-corrected chi connectivity index (χ3v) is 3.59. The van der Waals surface area contributed by atoms with Gasteiger partial charge in [-0.05, 0) is 31.7 Å². The van der Waals surface area contributed by atoms with Gasteiger partial charge in [-0.15, -0.1) is 0 Å². The number of nitrogens with zero attached hydrogens (tertiary/aromatic N) is 2. The molecule has 2 heterocycles. The Morgan fingerprint density at radius 2 is 2.26 bits per heavy atom. The van der Waals surface area contributed by atoms with E-state index in [2.05, 4.69) is 30.2 Å². The van der Waals surface area contributed by atoms with E-state index < -0.39 is 0 Å². The number of rotatable bonds is 2. The second-order valence-electron chi connectivity index (χ2n) is 5.08. The molecule has 0 spiro atoms. The molecule has 0 radical (unpaired) electrons. The monoisotopic (exact) mass is 257 g/mol. The van der Waals surface area contributed by atoms with Gasteiger partial charge in [-0.25, -0.2) is 4.68 Å². The highest BCUT2D eigenvalue weighted by atomic mass is 16.5. The maximum atomic E-state index is 6.24. The van der Waals surface area contributed by atoms with E-state index in [1.54, 1.807) is 0 Å². The highest BCUT2D eigenvalue weighted by molar-refractivity contribution is 5.73. The fraction of sp³-hybridized carbons (Fsp3) is 0.400. The summed E-state index contributed by atoms with van der Waals surface area (Å²) in [4.78, 5) is 0. The van der Waals surface area contributed by atoms with Crippen molar-refractivity contribution in [3.63, 3.8) is 0 Å². The Hall–Kier alpha value is -1.81. The molecule has 1 aliphatic heterocycles. The van der Waals surface area contributed by atoms with Crippen molar-refractivity contribution >= 4 is 5.82 Å². The zero-order valence-corrected chi connectivity index (χ0v) is 11.2. The van der Waals surface area contributed by atoms with Crippen LogP contribution in [0.15, 0.2) is 30.5 Å². The molecular formula is C15H19N3O. The highest BCUT2D eigenvalue weighted by Crippen LogP contribution is 2.31. The topological polar surface area (TPSA) is 53.1 Å². The minimum Gasteiger partial charge on any atom is -0.383 e. The second kappa shape index (κ2) is 5.05. The number of nitrogen functional groups attached to an aromatic ring is 1. The van der Waals surface area contributed by atoms with Gasteiger partial charge in [0, 0.05) is 12.2 Å². The number of nitrogens with two attached hydrogens (primary N) is 1. The van der Waals surface area contributed by atoms with Gasteiger partial charge in [0.15, 0.2) is 6.23 Å². The minimum absolute atomic E-state index is 0.00712. The minimum atomic E-state index is -0.00712. The lowest BCUT2D eigenvalue weighted by atomic mass is 10.1. The Balaban J connectivity index is 1.94. The Morgan fingerprint density at radius 3 is 3.00 bits per heavy atom. The number of ether oxygens (including phenoxy) is 1. The van der Waals surface area contributed by atoms with Gasteiger partial charge < -0.3 is 10.5 Å². The molecule has 1 aromatic carbocycles. The zero-order chi connectivity index (χ0) is 13.2. The molecule has 2 aromatic rings. The van der Waals surface area contributed by atoms with Crippen LogP contribution in [0.5, 0.6) is 0 Å².